The molecule has 0 N–H and O–H groups in total. The lowest BCUT2D eigenvalue weighted by Gasteiger charge is -1.96. The maximum atomic E-state index is 3.90. The molecule has 0 saturated carbocycles. The molecule has 0 heterocycles. The number of hydrogen-bond acceptors (Lipinski definition) is 1. The lowest BCUT2D eigenvalue weighted by atomic mass is 10.2. The van der Waals surface area contributed by atoms with Crippen molar-refractivity contribution in [1.29, 1.82) is 0 Å². The van der Waals surface area contributed by atoms with E-state index >= 15 is 0 Å². The van der Waals surface area contributed by atoms with Crippen molar-refractivity contribution in [3.05, 3.63) is 35.6 Å². The monoisotopic (exact) mass is 173 g/mol. The van der Waals surface area contributed by atoms with Crippen LogP contribution >= 0.6 is 0 Å². The zero-order chi connectivity index (χ0) is 10.1. The third kappa shape index (κ3) is 4.12. The first-order valence-electron chi connectivity index (χ1n) is 4.19. The molecule has 1 nitrogen and oxygen atoms in total. The summed E-state index contributed by atoms with van der Waals surface area (Å²) in [6.07, 6.45) is 7.69. The fraction of sp³-hybridized carbons (Fsp3) is 0.250. The van der Waals surface area contributed by atoms with Crippen LogP contribution in [0.2, 0.25) is 0 Å². The molecule has 0 unspecified atom stereocenters. The molecule has 0 fully saturated rings. The van der Waals surface area contributed by atoms with E-state index in [9.17, 15) is 0 Å². The quantitative estimate of drug-likeness (QED) is 0.353. The van der Waals surface area contributed by atoms with Crippen molar-refractivity contribution in [2.45, 2.75) is 20.8 Å². The minimum absolute atomic E-state index is 0.815. The molecule has 68 valence electrons. The molecule has 0 amide bonds. The fourth-order valence-electron chi connectivity index (χ4n) is 0.834. The highest BCUT2D eigenvalue weighted by Gasteiger charge is 1.95. The maximum Gasteiger partial charge on any atom is 0.0775 e. The van der Waals surface area contributed by atoms with E-state index < -0.39 is 0 Å². The van der Waals surface area contributed by atoms with Gasteiger partial charge < -0.3 is 0 Å². The molecule has 0 aliphatic rings. The Morgan fingerprint density at radius 1 is 1.38 bits per heavy atom. The molecule has 0 aliphatic heterocycles. The standard InChI is InChI=1S/C12H15N/c1-5-8-10-12(13-4)11(7-3)9-6-2/h5,7-8,10H,4H2,1-3H3/b8-5-,11-7-,12-10+. The molecule has 0 aromatic heterocycles. The summed E-state index contributed by atoms with van der Waals surface area (Å²) < 4.78 is 0. The first-order valence-corrected chi connectivity index (χ1v) is 4.19. The summed E-state index contributed by atoms with van der Waals surface area (Å²) in [5.74, 6) is 5.81. The summed E-state index contributed by atoms with van der Waals surface area (Å²) in [4.78, 5) is 3.90. The van der Waals surface area contributed by atoms with Gasteiger partial charge in [0.1, 0.15) is 0 Å². The van der Waals surface area contributed by atoms with E-state index in [1.165, 1.54) is 0 Å². The Labute approximate surface area is 80.6 Å². The number of aliphatic imine (C=N–C) groups is 1. The summed E-state index contributed by atoms with van der Waals surface area (Å²) in [5, 5.41) is 0. The average Bonchev–Trinajstić information content (AvgIpc) is 2.17. The van der Waals surface area contributed by atoms with Gasteiger partial charge in [-0.05, 0) is 33.6 Å². The Kier molecular flexibility index (Phi) is 6.27. The smallest absolute Gasteiger partial charge is 0.0775 e. The summed E-state index contributed by atoms with van der Waals surface area (Å²) in [5.41, 5.74) is 1.73. The molecule has 0 radical (unpaired) electrons. The molecular weight excluding hydrogens is 158 g/mol. The van der Waals surface area contributed by atoms with Crippen molar-refractivity contribution in [3.63, 3.8) is 0 Å². The lowest BCUT2D eigenvalue weighted by Crippen LogP contribution is -1.82. The van der Waals surface area contributed by atoms with Crippen molar-refractivity contribution < 1.29 is 0 Å². The predicted molar refractivity (Wildman–Crippen MR) is 59.7 cm³/mol. The van der Waals surface area contributed by atoms with Gasteiger partial charge in [-0.2, -0.15) is 0 Å². The minimum Gasteiger partial charge on any atom is -0.263 e. The molecule has 0 aromatic carbocycles. The Bertz CT molecular complexity index is 306. The molecule has 0 saturated heterocycles. The van der Waals surface area contributed by atoms with E-state index in [1.807, 2.05) is 38.2 Å². The second kappa shape index (κ2) is 7.12. The predicted octanol–water partition coefficient (Wildman–Crippen LogP) is 3.12. The largest absolute Gasteiger partial charge is 0.263 e. The van der Waals surface area contributed by atoms with E-state index in [2.05, 4.69) is 23.6 Å². The third-order valence-electron chi connectivity index (χ3n) is 1.44. The van der Waals surface area contributed by atoms with Gasteiger partial charge in [0.05, 0.1) is 5.70 Å². The number of hydrogen-bond donors (Lipinski definition) is 0. The van der Waals surface area contributed by atoms with E-state index in [-0.39, 0.29) is 0 Å². The highest BCUT2D eigenvalue weighted by atomic mass is 14.7. The molecular formula is C12H15N. The van der Waals surface area contributed by atoms with Crippen LogP contribution in [0.3, 0.4) is 0 Å². The van der Waals surface area contributed by atoms with Gasteiger partial charge in [-0.3, -0.25) is 4.99 Å². The van der Waals surface area contributed by atoms with Crippen LogP contribution in [-0.4, -0.2) is 6.72 Å². The SMILES string of the molecule is C=NC(=C/C=C\C)/C(C#CC)=C\C. The molecule has 13 heavy (non-hydrogen) atoms. The lowest BCUT2D eigenvalue weighted by molar-refractivity contribution is 1.36. The Hall–Kier alpha value is -1.55. The molecule has 0 aromatic rings. The molecule has 0 rings (SSSR count). The maximum absolute atomic E-state index is 3.90. The zero-order valence-electron chi connectivity index (χ0n) is 8.46. The van der Waals surface area contributed by atoms with Gasteiger partial charge in [0, 0.05) is 5.57 Å². The van der Waals surface area contributed by atoms with E-state index in [0.717, 1.165) is 11.3 Å². The summed E-state index contributed by atoms with van der Waals surface area (Å²) in [7, 11) is 0. The van der Waals surface area contributed by atoms with Crippen molar-refractivity contribution in [1.82, 2.24) is 0 Å². The fourth-order valence-corrected chi connectivity index (χ4v) is 0.834. The zero-order valence-corrected chi connectivity index (χ0v) is 8.46. The molecule has 0 aliphatic carbocycles. The second-order valence-corrected chi connectivity index (χ2v) is 2.31. The second-order valence-electron chi connectivity index (χ2n) is 2.31. The van der Waals surface area contributed by atoms with Crippen LogP contribution < -0.4 is 0 Å². The molecule has 1 heteroatoms. The molecule has 0 atom stereocenters. The molecule has 0 spiro atoms. The van der Waals surface area contributed by atoms with Gasteiger partial charge in [-0.15, -0.1) is 5.92 Å². The average molecular weight is 173 g/mol. The topological polar surface area (TPSA) is 12.4 Å². The van der Waals surface area contributed by atoms with Crippen LogP contribution in [0, 0.1) is 11.8 Å². The van der Waals surface area contributed by atoms with Gasteiger partial charge in [0.15, 0.2) is 0 Å². The summed E-state index contributed by atoms with van der Waals surface area (Å²) in [6.45, 7) is 9.20. The van der Waals surface area contributed by atoms with Crippen LogP contribution in [0.4, 0.5) is 0 Å². The van der Waals surface area contributed by atoms with Crippen molar-refractivity contribution in [3.8, 4) is 11.8 Å². The summed E-state index contributed by atoms with van der Waals surface area (Å²) in [6, 6.07) is 0. The number of allylic oxidation sites excluding steroid dienone is 5. The van der Waals surface area contributed by atoms with Gasteiger partial charge in [-0.1, -0.05) is 24.1 Å². The number of nitrogens with zero attached hydrogens (tertiary/aromatic N) is 1. The third-order valence-corrected chi connectivity index (χ3v) is 1.44. The van der Waals surface area contributed by atoms with Crippen LogP contribution in [0.1, 0.15) is 20.8 Å². The van der Waals surface area contributed by atoms with Crippen molar-refractivity contribution >= 4 is 6.72 Å². The minimum atomic E-state index is 0.815. The van der Waals surface area contributed by atoms with Crippen molar-refractivity contribution in [2.24, 2.45) is 4.99 Å². The normalized spacial score (nSPS) is 12.5. The summed E-state index contributed by atoms with van der Waals surface area (Å²) >= 11 is 0. The Morgan fingerprint density at radius 3 is 2.46 bits per heavy atom. The first-order chi connectivity index (χ1) is 6.29. The first kappa shape index (κ1) is 11.4. The highest BCUT2D eigenvalue weighted by Crippen LogP contribution is 2.09. The molecule has 0 bridgehead atoms. The van der Waals surface area contributed by atoms with E-state index in [1.54, 1.807) is 6.92 Å². The van der Waals surface area contributed by atoms with Gasteiger partial charge in [-0.25, -0.2) is 0 Å². The Balaban J connectivity index is 4.92. The van der Waals surface area contributed by atoms with Crippen LogP contribution in [0.25, 0.3) is 0 Å². The van der Waals surface area contributed by atoms with Gasteiger partial charge >= 0.3 is 0 Å². The Morgan fingerprint density at radius 2 is 2.08 bits per heavy atom. The number of rotatable bonds is 3. The van der Waals surface area contributed by atoms with E-state index in [4.69, 9.17) is 0 Å². The highest BCUT2D eigenvalue weighted by molar-refractivity contribution is 5.49. The van der Waals surface area contributed by atoms with Crippen LogP contribution in [0.15, 0.2) is 40.6 Å². The van der Waals surface area contributed by atoms with Gasteiger partial charge in [0.2, 0.25) is 0 Å². The van der Waals surface area contributed by atoms with Crippen LogP contribution in [0.5, 0.6) is 0 Å². The van der Waals surface area contributed by atoms with Gasteiger partial charge in [0.25, 0.3) is 0 Å². The van der Waals surface area contributed by atoms with E-state index in [0.29, 0.717) is 0 Å². The van der Waals surface area contributed by atoms with Crippen molar-refractivity contribution in [2.75, 3.05) is 0 Å². The van der Waals surface area contributed by atoms with Crippen LogP contribution in [-0.2, 0) is 0 Å².